The number of carbonyl (C=O) groups is 2. The van der Waals surface area contributed by atoms with Crippen LogP contribution in [0.25, 0.3) is 0 Å². The van der Waals surface area contributed by atoms with Crippen LogP contribution < -0.4 is 15.4 Å². The molecule has 31 heavy (non-hydrogen) atoms. The van der Waals surface area contributed by atoms with E-state index in [4.69, 9.17) is 4.74 Å². The number of hydrogen-bond donors (Lipinski definition) is 2. The summed E-state index contributed by atoms with van der Waals surface area (Å²) in [6.45, 7) is 6.03. The van der Waals surface area contributed by atoms with Crippen molar-refractivity contribution < 1.29 is 14.3 Å². The third-order valence-corrected chi connectivity index (χ3v) is 5.06. The average molecular weight is 417 g/mol. The predicted octanol–water partition coefficient (Wildman–Crippen LogP) is 5.39. The van der Waals surface area contributed by atoms with E-state index in [-0.39, 0.29) is 18.4 Å². The van der Waals surface area contributed by atoms with Gasteiger partial charge in [0.2, 0.25) is 0 Å². The highest BCUT2D eigenvalue weighted by Gasteiger charge is 2.12. The van der Waals surface area contributed by atoms with Crippen molar-refractivity contribution in [3.05, 3.63) is 89.0 Å². The summed E-state index contributed by atoms with van der Waals surface area (Å²) in [6.07, 6.45) is 1.70. The molecule has 0 aliphatic heterocycles. The van der Waals surface area contributed by atoms with Gasteiger partial charge in [-0.05, 0) is 67.3 Å². The van der Waals surface area contributed by atoms with E-state index < -0.39 is 0 Å². The molecule has 3 aromatic rings. The Morgan fingerprint density at radius 2 is 1.42 bits per heavy atom. The smallest absolute Gasteiger partial charge is 0.262 e. The number of rotatable bonds is 8. The van der Waals surface area contributed by atoms with Crippen molar-refractivity contribution in [2.24, 2.45) is 0 Å². The largest absolute Gasteiger partial charge is 0.484 e. The summed E-state index contributed by atoms with van der Waals surface area (Å²) < 4.78 is 5.55. The van der Waals surface area contributed by atoms with Crippen LogP contribution in [0.15, 0.2) is 66.7 Å². The maximum Gasteiger partial charge on any atom is 0.262 e. The number of anilines is 2. The number of amides is 2. The van der Waals surface area contributed by atoms with Crippen molar-refractivity contribution in [2.45, 2.75) is 33.6 Å². The summed E-state index contributed by atoms with van der Waals surface area (Å²) in [4.78, 5) is 24.8. The Bertz CT molecular complexity index is 1020. The lowest BCUT2D eigenvalue weighted by Crippen LogP contribution is -2.20. The first-order valence-corrected chi connectivity index (χ1v) is 10.5. The Kier molecular flexibility index (Phi) is 7.44. The predicted molar refractivity (Wildman–Crippen MR) is 125 cm³/mol. The van der Waals surface area contributed by atoms with Crippen LogP contribution >= 0.6 is 0 Å². The number of benzene rings is 3. The highest BCUT2D eigenvalue weighted by molar-refractivity contribution is 6.05. The Morgan fingerprint density at radius 1 is 0.806 bits per heavy atom. The fourth-order valence-corrected chi connectivity index (χ4v) is 3.27. The van der Waals surface area contributed by atoms with Gasteiger partial charge in [0.25, 0.3) is 11.8 Å². The van der Waals surface area contributed by atoms with Gasteiger partial charge in [-0.2, -0.15) is 0 Å². The van der Waals surface area contributed by atoms with Crippen molar-refractivity contribution in [1.29, 1.82) is 0 Å². The summed E-state index contributed by atoms with van der Waals surface area (Å²) in [5, 5.41) is 5.84. The van der Waals surface area contributed by atoms with Crippen molar-refractivity contribution in [2.75, 3.05) is 17.2 Å². The minimum absolute atomic E-state index is 0.108. The van der Waals surface area contributed by atoms with Crippen molar-refractivity contribution >= 4 is 23.2 Å². The third-order valence-electron chi connectivity index (χ3n) is 5.06. The van der Waals surface area contributed by atoms with Gasteiger partial charge in [0.1, 0.15) is 5.75 Å². The van der Waals surface area contributed by atoms with Gasteiger partial charge < -0.3 is 15.4 Å². The summed E-state index contributed by atoms with van der Waals surface area (Å²) in [5.41, 5.74) is 5.52. The molecule has 5 heteroatoms. The van der Waals surface area contributed by atoms with E-state index in [0.717, 1.165) is 40.9 Å². The summed E-state index contributed by atoms with van der Waals surface area (Å²) in [5.74, 6) is 0.118. The Morgan fingerprint density at radius 3 is 2.00 bits per heavy atom. The summed E-state index contributed by atoms with van der Waals surface area (Å²) in [6, 6.07) is 20.4. The monoisotopic (exact) mass is 416 g/mol. The molecule has 160 valence electrons. The minimum atomic E-state index is -0.242. The molecule has 5 nitrogen and oxygen atoms in total. The lowest BCUT2D eigenvalue weighted by molar-refractivity contribution is -0.118. The first-order chi connectivity index (χ1) is 15.0. The molecule has 0 atom stereocenters. The highest BCUT2D eigenvalue weighted by atomic mass is 16.5. The first-order valence-electron chi connectivity index (χ1n) is 10.5. The molecule has 0 unspecified atom stereocenters. The van der Waals surface area contributed by atoms with Crippen LogP contribution in [-0.2, 0) is 17.6 Å². The van der Waals surface area contributed by atoms with Crippen molar-refractivity contribution in [3.8, 4) is 5.75 Å². The van der Waals surface area contributed by atoms with Crippen LogP contribution in [0.2, 0.25) is 0 Å². The van der Waals surface area contributed by atoms with Gasteiger partial charge in [-0.1, -0.05) is 49.7 Å². The second kappa shape index (κ2) is 10.4. The lowest BCUT2D eigenvalue weighted by Gasteiger charge is -2.14. The molecule has 0 fully saturated rings. The second-order valence-electron chi connectivity index (χ2n) is 7.34. The van der Waals surface area contributed by atoms with E-state index in [9.17, 15) is 9.59 Å². The maximum atomic E-state index is 12.7. The van der Waals surface area contributed by atoms with E-state index in [1.54, 1.807) is 24.3 Å². The number of aryl methyl sites for hydroxylation is 3. The molecule has 0 spiro atoms. The maximum absolute atomic E-state index is 12.7. The molecule has 3 aromatic carbocycles. The number of carbonyl (C=O) groups excluding carboxylic acids is 2. The molecular weight excluding hydrogens is 388 g/mol. The molecule has 0 heterocycles. The lowest BCUT2D eigenvalue weighted by atomic mass is 10.0. The molecule has 2 amide bonds. The molecule has 0 aromatic heterocycles. The van der Waals surface area contributed by atoms with E-state index in [0.29, 0.717) is 11.3 Å². The van der Waals surface area contributed by atoms with Gasteiger partial charge in [-0.3, -0.25) is 9.59 Å². The van der Waals surface area contributed by atoms with Crippen molar-refractivity contribution in [3.63, 3.8) is 0 Å². The zero-order valence-corrected chi connectivity index (χ0v) is 18.2. The van der Waals surface area contributed by atoms with E-state index >= 15 is 0 Å². The molecule has 0 radical (unpaired) electrons. The van der Waals surface area contributed by atoms with Crippen LogP contribution in [0, 0.1) is 6.92 Å². The number of hydrogen-bond acceptors (Lipinski definition) is 3. The minimum Gasteiger partial charge on any atom is -0.484 e. The van der Waals surface area contributed by atoms with Crippen LogP contribution in [0.3, 0.4) is 0 Å². The van der Waals surface area contributed by atoms with Crippen LogP contribution in [0.5, 0.6) is 5.75 Å². The average Bonchev–Trinajstić information content (AvgIpc) is 2.79. The Balaban J connectivity index is 1.58. The second-order valence-corrected chi connectivity index (χ2v) is 7.34. The van der Waals surface area contributed by atoms with Gasteiger partial charge in [-0.25, -0.2) is 0 Å². The molecule has 2 N–H and O–H groups in total. The fraction of sp³-hybridized carbons (Fsp3) is 0.231. The van der Waals surface area contributed by atoms with E-state index in [1.807, 2.05) is 49.4 Å². The molecule has 0 saturated heterocycles. The molecule has 0 bridgehead atoms. The standard InChI is InChI=1S/C26H28N2O3/c1-4-19-7-6-8-20(5-2)25(19)28-26(30)21-11-15-23(16-12-21)31-17-24(29)27-22-13-9-18(3)10-14-22/h6-16H,4-5,17H2,1-3H3,(H,27,29)(H,28,30). The quantitative estimate of drug-likeness (QED) is 0.517. The normalized spacial score (nSPS) is 10.4. The number of para-hydroxylation sites is 1. The highest BCUT2D eigenvalue weighted by Crippen LogP contribution is 2.23. The molecule has 3 rings (SSSR count). The fourth-order valence-electron chi connectivity index (χ4n) is 3.27. The number of ether oxygens (including phenoxy) is 1. The van der Waals surface area contributed by atoms with E-state index in [2.05, 4.69) is 24.5 Å². The van der Waals surface area contributed by atoms with Gasteiger partial charge in [-0.15, -0.1) is 0 Å². The third kappa shape index (κ3) is 5.95. The first kappa shape index (κ1) is 22.1. The van der Waals surface area contributed by atoms with Gasteiger partial charge in [0, 0.05) is 16.9 Å². The van der Waals surface area contributed by atoms with Crippen molar-refractivity contribution in [1.82, 2.24) is 0 Å². The van der Waals surface area contributed by atoms with E-state index in [1.165, 1.54) is 0 Å². The van der Waals surface area contributed by atoms with Gasteiger partial charge in [0.15, 0.2) is 6.61 Å². The Labute approximate surface area is 183 Å². The SMILES string of the molecule is CCc1cccc(CC)c1NC(=O)c1ccc(OCC(=O)Nc2ccc(C)cc2)cc1. The van der Waals surface area contributed by atoms with Gasteiger partial charge in [0.05, 0.1) is 0 Å². The zero-order chi connectivity index (χ0) is 22.2. The Hall–Kier alpha value is -3.60. The summed E-state index contributed by atoms with van der Waals surface area (Å²) in [7, 11) is 0. The van der Waals surface area contributed by atoms with Crippen LogP contribution in [0.1, 0.15) is 40.9 Å². The molecule has 0 aliphatic carbocycles. The van der Waals surface area contributed by atoms with Crippen LogP contribution in [0.4, 0.5) is 11.4 Å². The zero-order valence-electron chi connectivity index (χ0n) is 18.2. The molecule has 0 saturated carbocycles. The topological polar surface area (TPSA) is 67.4 Å². The van der Waals surface area contributed by atoms with Gasteiger partial charge >= 0.3 is 0 Å². The molecular formula is C26H28N2O3. The number of nitrogens with one attached hydrogen (secondary N) is 2. The van der Waals surface area contributed by atoms with Crippen LogP contribution in [-0.4, -0.2) is 18.4 Å². The summed E-state index contributed by atoms with van der Waals surface area (Å²) >= 11 is 0. The molecule has 0 aliphatic rings.